The molecule has 1 aromatic carbocycles. The highest BCUT2D eigenvalue weighted by atomic mass is 32.1. The Morgan fingerprint density at radius 1 is 1.38 bits per heavy atom. The van der Waals surface area contributed by atoms with Crippen molar-refractivity contribution in [3.8, 4) is 0 Å². The Kier molecular flexibility index (Phi) is 4.36. The number of carbonyl (C=O) groups excluding carboxylic acids is 1. The van der Waals surface area contributed by atoms with Gasteiger partial charge in [0.05, 0.1) is 30.9 Å². The Morgan fingerprint density at radius 2 is 2.14 bits per heavy atom. The first-order valence-corrected chi connectivity index (χ1v) is 8.14. The van der Waals surface area contributed by atoms with E-state index in [-0.39, 0.29) is 5.97 Å². The summed E-state index contributed by atoms with van der Waals surface area (Å²) >= 11 is 1.56. The van der Waals surface area contributed by atoms with Gasteiger partial charge in [-0.3, -0.25) is 9.69 Å². The van der Waals surface area contributed by atoms with E-state index in [9.17, 15) is 4.79 Å². The molecule has 21 heavy (non-hydrogen) atoms. The molecule has 112 valence electrons. The molecule has 0 atom stereocenters. The van der Waals surface area contributed by atoms with E-state index in [4.69, 9.17) is 4.74 Å². The molecular formula is C15H20N3O2S+. The molecule has 0 radical (unpaired) electrons. The Morgan fingerprint density at radius 3 is 2.90 bits per heavy atom. The van der Waals surface area contributed by atoms with Gasteiger partial charge in [-0.2, -0.15) is 4.37 Å². The molecule has 5 nitrogen and oxygen atoms in total. The topological polar surface area (TPSA) is 46.9 Å². The van der Waals surface area contributed by atoms with Crippen LogP contribution in [0.3, 0.4) is 0 Å². The third kappa shape index (κ3) is 3.16. The van der Waals surface area contributed by atoms with Gasteiger partial charge in [-0.15, -0.1) is 0 Å². The summed E-state index contributed by atoms with van der Waals surface area (Å²) < 4.78 is 11.1. The summed E-state index contributed by atoms with van der Waals surface area (Å²) in [6.45, 7) is 6.16. The van der Waals surface area contributed by atoms with Crippen LogP contribution in [-0.4, -0.2) is 43.3 Å². The van der Waals surface area contributed by atoms with Gasteiger partial charge in [0.1, 0.15) is 0 Å². The third-order valence-electron chi connectivity index (χ3n) is 3.85. The number of carbonyl (C=O) groups is 1. The number of esters is 1. The van der Waals surface area contributed by atoms with Crippen molar-refractivity contribution in [2.45, 2.75) is 13.3 Å². The van der Waals surface area contributed by atoms with Crippen molar-refractivity contribution in [2.24, 2.45) is 0 Å². The number of hydrogen-bond donors (Lipinski definition) is 1. The molecule has 0 bridgehead atoms. The molecule has 1 aliphatic heterocycles. The Labute approximate surface area is 128 Å². The molecule has 1 fully saturated rings. The van der Waals surface area contributed by atoms with Crippen LogP contribution in [0.2, 0.25) is 0 Å². The van der Waals surface area contributed by atoms with Crippen molar-refractivity contribution in [3.63, 3.8) is 0 Å². The zero-order valence-corrected chi connectivity index (χ0v) is 13.0. The Hall–Kier alpha value is -1.66. The largest absolute Gasteiger partial charge is 0.415 e. The van der Waals surface area contributed by atoms with E-state index in [1.807, 2.05) is 6.92 Å². The number of nitrogens with one attached hydrogen (secondary N) is 1. The maximum atomic E-state index is 11.2. The molecule has 1 aliphatic rings. The van der Waals surface area contributed by atoms with Crippen LogP contribution in [0.5, 0.6) is 0 Å². The molecule has 1 aromatic heterocycles. The summed E-state index contributed by atoms with van der Waals surface area (Å²) in [6, 6.07) is 8.36. The van der Waals surface area contributed by atoms with Crippen molar-refractivity contribution in [3.05, 3.63) is 24.3 Å². The first-order valence-electron chi connectivity index (χ1n) is 7.36. The highest BCUT2D eigenvalue weighted by Crippen LogP contribution is 2.28. The van der Waals surface area contributed by atoms with Crippen molar-refractivity contribution < 1.29 is 14.4 Å². The number of piperazine rings is 1. The molecule has 0 unspecified atom stereocenters. The van der Waals surface area contributed by atoms with E-state index in [1.54, 1.807) is 11.5 Å². The van der Waals surface area contributed by atoms with Crippen LogP contribution in [0.4, 0.5) is 5.82 Å². The highest BCUT2D eigenvalue weighted by Gasteiger charge is 2.23. The molecule has 0 spiro atoms. The summed E-state index contributed by atoms with van der Waals surface area (Å²) in [6.07, 6.45) is 0.449. The summed E-state index contributed by atoms with van der Waals surface area (Å²) in [5.41, 5.74) is 0. The lowest BCUT2D eigenvalue weighted by Gasteiger charge is -2.32. The number of aromatic nitrogens is 1. The molecule has 2 aromatic rings. The Bertz CT molecular complexity index is 620. The van der Waals surface area contributed by atoms with Crippen LogP contribution in [0.15, 0.2) is 24.3 Å². The zero-order chi connectivity index (χ0) is 14.7. The van der Waals surface area contributed by atoms with Gasteiger partial charge in [-0.25, -0.2) is 0 Å². The van der Waals surface area contributed by atoms with E-state index in [1.165, 1.54) is 15.0 Å². The standard InChI is InChI=1S/C15H19N3O2S/c1-2-14(19)20-11-17-7-9-18(10-8-17)15-12-5-3-4-6-13(12)21-16-15/h3-6H,2,7-11H2,1H3/p+1. The fourth-order valence-corrected chi connectivity index (χ4v) is 3.36. The van der Waals surface area contributed by atoms with E-state index in [0.717, 1.165) is 32.0 Å². The number of hydrogen-bond acceptors (Lipinski definition) is 5. The number of quaternary nitrogens is 1. The lowest BCUT2D eigenvalue weighted by molar-refractivity contribution is -0.917. The maximum Gasteiger partial charge on any atom is 0.309 e. The summed E-state index contributed by atoms with van der Waals surface area (Å²) in [5, 5.41) is 1.24. The number of fused-ring (bicyclic) bond motifs is 1. The minimum atomic E-state index is -0.115. The van der Waals surface area contributed by atoms with Crippen molar-refractivity contribution in [2.75, 3.05) is 37.8 Å². The molecule has 1 saturated heterocycles. The zero-order valence-electron chi connectivity index (χ0n) is 12.2. The molecule has 0 saturated carbocycles. The van der Waals surface area contributed by atoms with Gasteiger partial charge in [0.2, 0.25) is 6.73 Å². The summed E-state index contributed by atoms with van der Waals surface area (Å²) in [7, 11) is 0. The van der Waals surface area contributed by atoms with Gasteiger partial charge >= 0.3 is 5.97 Å². The van der Waals surface area contributed by atoms with Crippen LogP contribution in [-0.2, 0) is 9.53 Å². The number of nitrogens with zero attached hydrogens (tertiary/aromatic N) is 2. The first kappa shape index (κ1) is 14.3. The van der Waals surface area contributed by atoms with Gasteiger partial charge in [-0.1, -0.05) is 19.1 Å². The minimum Gasteiger partial charge on any atom is -0.415 e. The SMILES string of the molecule is CCC(=O)OC[NH+]1CCN(c2nsc3ccccc23)CC1. The van der Waals surface area contributed by atoms with Crippen LogP contribution in [0.25, 0.3) is 10.1 Å². The molecule has 0 aliphatic carbocycles. The normalized spacial score (nSPS) is 16.3. The predicted molar refractivity (Wildman–Crippen MR) is 83.8 cm³/mol. The molecule has 3 rings (SSSR count). The smallest absolute Gasteiger partial charge is 0.309 e. The molecule has 1 N–H and O–H groups in total. The molecular weight excluding hydrogens is 286 g/mol. The lowest BCUT2D eigenvalue weighted by atomic mass is 10.2. The minimum absolute atomic E-state index is 0.115. The van der Waals surface area contributed by atoms with Crippen LogP contribution < -0.4 is 9.80 Å². The average molecular weight is 306 g/mol. The van der Waals surface area contributed by atoms with E-state index < -0.39 is 0 Å². The van der Waals surface area contributed by atoms with Crippen LogP contribution >= 0.6 is 11.5 Å². The number of anilines is 1. The lowest BCUT2D eigenvalue weighted by Crippen LogP contribution is -3.15. The van der Waals surface area contributed by atoms with E-state index in [2.05, 4.69) is 33.5 Å². The third-order valence-corrected chi connectivity index (χ3v) is 4.67. The number of ether oxygens (including phenoxy) is 1. The first-order chi connectivity index (χ1) is 10.3. The van der Waals surface area contributed by atoms with Gasteiger partial charge in [0, 0.05) is 11.8 Å². The second-order valence-electron chi connectivity index (χ2n) is 5.25. The Balaban J connectivity index is 1.59. The summed E-state index contributed by atoms with van der Waals surface area (Å²) in [5.74, 6) is 0.982. The van der Waals surface area contributed by atoms with Crippen LogP contribution in [0, 0.1) is 0 Å². The quantitative estimate of drug-likeness (QED) is 0.853. The maximum absolute atomic E-state index is 11.2. The van der Waals surface area contributed by atoms with Crippen molar-refractivity contribution in [1.82, 2.24) is 4.37 Å². The average Bonchev–Trinajstić information content (AvgIpc) is 2.97. The molecule has 0 amide bonds. The summed E-state index contributed by atoms with van der Waals surface area (Å²) in [4.78, 5) is 14.9. The predicted octanol–water partition coefficient (Wildman–Crippen LogP) is 0.912. The molecule has 2 heterocycles. The second kappa shape index (κ2) is 6.41. The van der Waals surface area contributed by atoms with Crippen molar-refractivity contribution in [1.29, 1.82) is 0 Å². The number of benzene rings is 1. The fraction of sp³-hybridized carbons (Fsp3) is 0.467. The van der Waals surface area contributed by atoms with Gasteiger partial charge < -0.3 is 9.64 Å². The van der Waals surface area contributed by atoms with Gasteiger partial charge in [-0.05, 0) is 23.7 Å². The fourth-order valence-electron chi connectivity index (χ4n) is 2.56. The van der Waals surface area contributed by atoms with Gasteiger partial charge in [0.15, 0.2) is 5.82 Å². The van der Waals surface area contributed by atoms with E-state index >= 15 is 0 Å². The highest BCUT2D eigenvalue weighted by molar-refractivity contribution is 7.13. The van der Waals surface area contributed by atoms with Crippen molar-refractivity contribution >= 4 is 33.4 Å². The second-order valence-corrected chi connectivity index (χ2v) is 6.06. The van der Waals surface area contributed by atoms with Gasteiger partial charge in [0.25, 0.3) is 0 Å². The monoisotopic (exact) mass is 306 g/mol. The van der Waals surface area contributed by atoms with E-state index in [0.29, 0.717) is 13.2 Å². The van der Waals surface area contributed by atoms with Crippen LogP contribution in [0.1, 0.15) is 13.3 Å². The number of rotatable bonds is 4. The molecule has 6 heteroatoms.